The summed E-state index contributed by atoms with van der Waals surface area (Å²) in [6.07, 6.45) is 0.810. The van der Waals surface area contributed by atoms with E-state index in [9.17, 15) is 9.90 Å². The third kappa shape index (κ3) is 3.47. The van der Waals surface area contributed by atoms with Crippen LogP contribution in [0.3, 0.4) is 0 Å². The summed E-state index contributed by atoms with van der Waals surface area (Å²) in [4.78, 5) is 13.6. The molecule has 4 heteroatoms. The molecule has 4 nitrogen and oxygen atoms in total. The summed E-state index contributed by atoms with van der Waals surface area (Å²) < 4.78 is 5.85. The van der Waals surface area contributed by atoms with Crippen LogP contribution >= 0.6 is 0 Å². The molecule has 104 valence electrons. The second-order valence-corrected chi connectivity index (χ2v) is 5.65. The Hall–Kier alpha value is -1.55. The highest BCUT2D eigenvalue weighted by atomic mass is 16.5. The molecule has 2 rings (SSSR count). The van der Waals surface area contributed by atoms with Crippen LogP contribution in [0.15, 0.2) is 24.3 Å². The highest BCUT2D eigenvalue weighted by molar-refractivity contribution is 5.84. The standard InChI is InChI=1S/C15H21NO3/c1-11-4-6-12(7-5-11)19-13-8-9-16(10-13)14(17)15(2,3)18/h4-7,13,18H,8-10H2,1-3H3. The van der Waals surface area contributed by atoms with Crippen molar-refractivity contribution in [2.24, 2.45) is 0 Å². The lowest BCUT2D eigenvalue weighted by Crippen LogP contribution is -2.44. The number of aliphatic hydroxyl groups is 1. The molecule has 1 amide bonds. The van der Waals surface area contributed by atoms with Gasteiger partial charge in [-0.2, -0.15) is 0 Å². The molecule has 0 aromatic heterocycles. The largest absolute Gasteiger partial charge is 0.489 e. The number of carbonyl (C=O) groups excluding carboxylic acids is 1. The van der Waals surface area contributed by atoms with Crippen LogP contribution in [0.2, 0.25) is 0 Å². The second-order valence-electron chi connectivity index (χ2n) is 5.65. The molecule has 1 heterocycles. The van der Waals surface area contributed by atoms with Crippen LogP contribution in [0, 0.1) is 6.92 Å². The zero-order valence-electron chi connectivity index (χ0n) is 11.7. The highest BCUT2D eigenvalue weighted by Gasteiger charge is 2.34. The van der Waals surface area contributed by atoms with Crippen LogP contribution in [0.5, 0.6) is 5.75 Å². The minimum Gasteiger partial charge on any atom is -0.489 e. The van der Waals surface area contributed by atoms with Gasteiger partial charge in [0.15, 0.2) is 0 Å². The predicted molar refractivity (Wildman–Crippen MR) is 73.1 cm³/mol. The summed E-state index contributed by atoms with van der Waals surface area (Å²) in [6.45, 7) is 6.24. The van der Waals surface area contributed by atoms with Crippen molar-refractivity contribution in [2.45, 2.75) is 38.9 Å². The maximum Gasteiger partial charge on any atom is 0.254 e. The van der Waals surface area contributed by atoms with Gasteiger partial charge in [0.1, 0.15) is 17.5 Å². The van der Waals surface area contributed by atoms with Crippen LogP contribution in [-0.4, -0.2) is 40.7 Å². The first kappa shape index (κ1) is 13.9. The van der Waals surface area contributed by atoms with E-state index < -0.39 is 5.60 Å². The van der Waals surface area contributed by atoms with Gasteiger partial charge in [0.05, 0.1) is 6.54 Å². The van der Waals surface area contributed by atoms with Gasteiger partial charge >= 0.3 is 0 Å². The maximum absolute atomic E-state index is 11.9. The number of ether oxygens (including phenoxy) is 1. The van der Waals surface area contributed by atoms with Gasteiger partial charge < -0.3 is 14.7 Å². The average molecular weight is 263 g/mol. The van der Waals surface area contributed by atoms with Crippen LogP contribution in [0.25, 0.3) is 0 Å². The zero-order chi connectivity index (χ0) is 14.0. The summed E-state index contributed by atoms with van der Waals surface area (Å²) in [5.41, 5.74) is -0.115. The number of likely N-dealkylation sites (tertiary alicyclic amines) is 1. The molecular weight excluding hydrogens is 242 g/mol. The normalized spacial score (nSPS) is 19.6. The van der Waals surface area contributed by atoms with Crippen molar-refractivity contribution in [2.75, 3.05) is 13.1 Å². The van der Waals surface area contributed by atoms with Gasteiger partial charge in [-0.05, 0) is 32.9 Å². The van der Waals surface area contributed by atoms with Crippen LogP contribution < -0.4 is 4.74 Å². The van der Waals surface area contributed by atoms with Crippen LogP contribution in [0.1, 0.15) is 25.8 Å². The Morgan fingerprint density at radius 3 is 2.58 bits per heavy atom. The Morgan fingerprint density at radius 1 is 1.37 bits per heavy atom. The van der Waals surface area contributed by atoms with Crippen molar-refractivity contribution in [3.8, 4) is 5.75 Å². The van der Waals surface area contributed by atoms with Crippen molar-refractivity contribution in [3.63, 3.8) is 0 Å². The number of benzene rings is 1. The minimum atomic E-state index is -1.31. The third-order valence-corrected chi connectivity index (χ3v) is 3.28. The molecule has 1 unspecified atom stereocenters. The molecule has 1 aliphatic heterocycles. The van der Waals surface area contributed by atoms with E-state index in [4.69, 9.17) is 4.74 Å². The van der Waals surface area contributed by atoms with Crippen molar-refractivity contribution in [1.82, 2.24) is 4.90 Å². The van der Waals surface area contributed by atoms with Crippen LogP contribution in [-0.2, 0) is 4.79 Å². The number of carbonyl (C=O) groups is 1. The first-order valence-corrected chi connectivity index (χ1v) is 6.61. The average Bonchev–Trinajstić information content (AvgIpc) is 2.78. The molecular formula is C15H21NO3. The summed E-state index contributed by atoms with van der Waals surface area (Å²) in [5, 5.41) is 9.72. The molecule has 19 heavy (non-hydrogen) atoms. The molecule has 1 atom stereocenters. The summed E-state index contributed by atoms with van der Waals surface area (Å²) >= 11 is 0. The predicted octanol–water partition coefficient (Wildman–Crippen LogP) is 1.75. The van der Waals surface area contributed by atoms with E-state index in [0.717, 1.165) is 12.2 Å². The Bertz CT molecular complexity index is 447. The molecule has 1 fully saturated rings. The summed E-state index contributed by atoms with van der Waals surface area (Å²) in [6, 6.07) is 7.89. The lowest BCUT2D eigenvalue weighted by Gasteiger charge is -2.24. The number of amides is 1. The molecule has 0 aliphatic carbocycles. The smallest absolute Gasteiger partial charge is 0.254 e. The number of hydrogen-bond donors (Lipinski definition) is 1. The van der Waals surface area contributed by atoms with E-state index in [1.807, 2.05) is 31.2 Å². The highest BCUT2D eigenvalue weighted by Crippen LogP contribution is 2.20. The van der Waals surface area contributed by atoms with E-state index in [-0.39, 0.29) is 12.0 Å². The fourth-order valence-corrected chi connectivity index (χ4v) is 2.21. The molecule has 0 bridgehead atoms. The minimum absolute atomic E-state index is 0.00834. The van der Waals surface area contributed by atoms with Crippen molar-refractivity contribution < 1.29 is 14.6 Å². The van der Waals surface area contributed by atoms with E-state index in [0.29, 0.717) is 13.1 Å². The summed E-state index contributed by atoms with van der Waals surface area (Å²) in [5.74, 6) is 0.593. The van der Waals surface area contributed by atoms with Gasteiger partial charge in [-0.1, -0.05) is 17.7 Å². The Morgan fingerprint density at radius 2 is 2.00 bits per heavy atom. The number of hydrogen-bond acceptors (Lipinski definition) is 3. The molecule has 1 aromatic rings. The first-order valence-electron chi connectivity index (χ1n) is 6.61. The second kappa shape index (κ2) is 5.21. The molecule has 0 saturated carbocycles. The first-order chi connectivity index (χ1) is 8.86. The fourth-order valence-electron chi connectivity index (χ4n) is 2.21. The van der Waals surface area contributed by atoms with Crippen molar-refractivity contribution >= 4 is 5.91 Å². The molecule has 1 saturated heterocycles. The Balaban J connectivity index is 1.92. The molecule has 1 aromatic carbocycles. The quantitative estimate of drug-likeness (QED) is 0.903. The Kier molecular flexibility index (Phi) is 3.80. The van der Waals surface area contributed by atoms with Gasteiger partial charge in [-0.3, -0.25) is 4.79 Å². The Labute approximate surface area is 114 Å². The molecule has 1 N–H and O–H groups in total. The zero-order valence-corrected chi connectivity index (χ0v) is 11.7. The van der Waals surface area contributed by atoms with Gasteiger partial charge in [-0.25, -0.2) is 0 Å². The number of rotatable bonds is 3. The summed E-state index contributed by atoms with van der Waals surface area (Å²) in [7, 11) is 0. The lowest BCUT2D eigenvalue weighted by atomic mass is 10.1. The van der Waals surface area contributed by atoms with E-state index in [1.54, 1.807) is 4.90 Å². The monoisotopic (exact) mass is 263 g/mol. The fraction of sp³-hybridized carbons (Fsp3) is 0.533. The van der Waals surface area contributed by atoms with Gasteiger partial charge in [0, 0.05) is 13.0 Å². The van der Waals surface area contributed by atoms with Crippen LogP contribution in [0.4, 0.5) is 0 Å². The topological polar surface area (TPSA) is 49.8 Å². The SMILES string of the molecule is Cc1ccc(OC2CCN(C(=O)C(C)(C)O)C2)cc1. The lowest BCUT2D eigenvalue weighted by molar-refractivity contribution is -0.146. The third-order valence-electron chi connectivity index (χ3n) is 3.28. The van der Waals surface area contributed by atoms with Gasteiger partial charge in [-0.15, -0.1) is 0 Å². The number of aryl methyl sites for hydroxylation is 1. The van der Waals surface area contributed by atoms with Gasteiger partial charge in [0.25, 0.3) is 5.91 Å². The van der Waals surface area contributed by atoms with E-state index in [2.05, 4.69) is 0 Å². The van der Waals surface area contributed by atoms with Gasteiger partial charge in [0.2, 0.25) is 0 Å². The van der Waals surface area contributed by atoms with E-state index in [1.165, 1.54) is 19.4 Å². The van der Waals surface area contributed by atoms with Crippen molar-refractivity contribution in [1.29, 1.82) is 0 Å². The molecule has 0 spiro atoms. The number of nitrogens with zero attached hydrogens (tertiary/aromatic N) is 1. The molecule has 0 radical (unpaired) electrons. The molecule has 1 aliphatic rings. The van der Waals surface area contributed by atoms with E-state index >= 15 is 0 Å². The maximum atomic E-state index is 11.9. The van der Waals surface area contributed by atoms with Crippen molar-refractivity contribution in [3.05, 3.63) is 29.8 Å².